The summed E-state index contributed by atoms with van der Waals surface area (Å²) in [4.78, 5) is 12.8. The first-order valence-corrected chi connectivity index (χ1v) is 37.1. The van der Waals surface area contributed by atoms with Crippen molar-refractivity contribution in [3.63, 3.8) is 0 Å². The molecule has 0 spiro atoms. The Labute approximate surface area is 719 Å². The average Bonchev–Trinajstić information content (AvgIpc) is 1.67. The van der Waals surface area contributed by atoms with Gasteiger partial charge in [-0.15, -0.1) is 197 Å². The Hall–Kier alpha value is -12.2. The van der Waals surface area contributed by atoms with Crippen molar-refractivity contribution < 1.29 is 63.2 Å². The summed E-state index contributed by atoms with van der Waals surface area (Å²) < 4.78 is 0. The van der Waals surface area contributed by atoms with Gasteiger partial charge in [-0.2, -0.15) is 16.7 Å². The molecule has 0 fully saturated rings. The minimum atomic E-state index is 0. The molecule has 0 saturated carbocycles. The number of nitrogens with zero attached hydrogens (tertiary/aromatic N) is 9. The van der Waals surface area contributed by atoms with Crippen LogP contribution < -0.4 is 15.3 Å². The summed E-state index contributed by atoms with van der Waals surface area (Å²) in [5.74, 6) is 0. The van der Waals surface area contributed by atoms with Gasteiger partial charge in [-0.05, 0) is 97.7 Å². The largest absolute Gasteiger partial charge is 0.618 e. The predicted octanol–water partition coefficient (Wildman–Crippen LogP) is 24.4. The zero-order chi connectivity index (χ0) is 77.1. The summed E-state index contributed by atoms with van der Waals surface area (Å²) in [5.41, 5.74) is 29.8. The number of pyridine rings is 3. The Kier molecular flexibility index (Phi) is 32.0. The maximum Gasteiger partial charge on any atom is 0.0403 e. The fraction of sp³-hybridized carbons (Fsp3) is 0.0680. The van der Waals surface area contributed by atoms with Crippen molar-refractivity contribution in [2.45, 2.75) is 47.0 Å². The van der Waals surface area contributed by atoms with E-state index in [1.165, 1.54) is 50.1 Å². The SMILES string of the molecule is CC(C)(C)c1c[c-]c(-c2ccccn2)cc1.Cc1c(-c2ccc(-c3ccccc3)cc2)n[n-]c1-c1[c-]cccc1.Cc1c[c-]c(-c2ccccn2)c(C)c1.[Pt].[Pt].[Pt].[c-]1ccccc1-c1cc(-c2ccc(-c3ccccc3)cc2)n[n-]1.[c-]1ccccc1-c1cc(-c2ccc(-c3ccccc3)cc2)n[n-]1.[c-]1ccccc1-c1ccccn1. The number of hydrogen-bond donors (Lipinski definition) is 0. The molecule has 0 aliphatic rings. The third-order valence-corrected chi connectivity index (χ3v) is 18.3. The van der Waals surface area contributed by atoms with Crippen LogP contribution in [0.25, 0.3) is 135 Å². The van der Waals surface area contributed by atoms with Crippen LogP contribution in [0.1, 0.15) is 43.0 Å². The Morgan fingerprint density at radius 3 is 1.02 bits per heavy atom. The molecule has 0 saturated heterocycles. The van der Waals surface area contributed by atoms with Crippen molar-refractivity contribution in [3.8, 4) is 135 Å². The van der Waals surface area contributed by atoms with Crippen molar-refractivity contribution >= 4 is 0 Å². The van der Waals surface area contributed by atoms with E-state index in [1.807, 2.05) is 194 Å². The minimum absolute atomic E-state index is 0. The molecule has 0 aliphatic carbocycles. The molecular formula is C103H80N9Pt3-9. The van der Waals surface area contributed by atoms with Crippen LogP contribution in [0.2, 0.25) is 0 Å². The summed E-state index contributed by atoms with van der Waals surface area (Å²) in [6.45, 7) is 12.8. The van der Waals surface area contributed by atoms with Crippen LogP contribution in [0.3, 0.4) is 0 Å². The first kappa shape index (κ1) is 85.2. The number of aromatic nitrogens is 9. The van der Waals surface area contributed by atoms with Crippen LogP contribution in [0.15, 0.2) is 377 Å². The second-order valence-electron chi connectivity index (χ2n) is 27.3. The summed E-state index contributed by atoms with van der Waals surface area (Å²) in [6.07, 6.45) is 5.40. The molecule has 6 heterocycles. The number of aryl methyl sites for hydroxylation is 2. The van der Waals surface area contributed by atoms with E-state index in [0.29, 0.717) is 0 Å². The first-order valence-electron chi connectivity index (χ1n) is 37.1. The Morgan fingerprint density at radius 1 is 0.278 bits per heavy atom. The molecule has 576 valence electrons. The maximum atomic E-state index is 4.39. The quantitative estimate of drug-likeness (QED) is 0.110. The van der Waals surface area contributed by atoms with Crippen LogP contribution in [-0.2, 0) is 68.6 Å². The van der Waals surface area contributed by atoms with Crippen molar-refractivity contribution in [3.05, 3.63) is 435 Å². The van der Waals surface area contributed by atoms with Crippen LogP contribution in [0, 0.1) is 57.2 Å². The second-order valence-corrected chi connectivity index (χ2v) is 27.3. The zero-order valence-electron chi connectivity index (χ0n) is 64.3. The Balaban J connectivity index is 0.000000147. The molecule has 115 heavy (non-hydrogen) atoms. The average molecular weight is 2030 g/mol. The Morgan fingerprint density at radius 2 is 0.643 bits per heavy atom. The molecule has 18 rings (SSSR count). The molecule has 12 heteroatoms. The van der Waals surface area contributed by atoms with Gasteiger partial charge in [0, 0.05) is 98.9 Å². The van der Waals surface area contributed by atoms with Gasteiger partial charge in [0.2, 0.25) is 0 Å². The van der Waals surface area contributed by atoms with Gasteiger partial charge in [0.05, 0.1) is 0 Å². The van der Waals surface area contributed by atoms with E-state index in [-0.39, 0.29) is 68.6 Å². The van der Waals surface area contributed by atoms with E-state index in [9.17, 15) is 0 Å². The van der Waals surface area contributed by atoms with Gasteiger partial charge in [-0.25, -0.2) is 17.1 Å². The molecule has 0 N–H and O–H groups in total. The van der Waals surface area contributed by atoms with Gasteiger partial charge in [0.1, 0.15) is 0 Å². The van der Waals surface area contributed by atoms with Crippen LogP contribution >= 0.6 is 0 Å². The smallest absolute Gasteiger partial charge is 0.0403 e. The molecule has 0 radical (unpaired) electrons. The van der Waals surface area contributed by atoms with E-state index in [1.54, 1.807) is 12.4 Å². The standard InChI is InChI=1S/C22H16N2.2C21H14N2.C15H16N.C13H12N.C11H8N.3Pt/c1-16-21(19-10-6-3-7-11-19)23-24-22(16)20-14-12-18(13-15-20)17-8-4-2-5-9-17;2*1-3-7-16(8-4-1)17-11-13-19(14-12-17)21-15-20(22-23-21)18-9-5-2-6-10-18;1-15(2,3)13-9-7-12(8-10-13)14-6-4-5-11-16-14;1-10-6-7-12(11(2)9-10)13-5-3-4-8-14-13;1-2-6-10(7-3-1)11-8-4-5-9-12-11;;;/h2-10,12-15H,1H3;2*1-9,11-15H;4-7,9-11H,1-3H3;3-6,8-9H,1-2H3;1-6,8-9H;;;/q3*-2;3*-1;;;. The Bertz CT molecular complexity index is 5610. The van der Waals surface area contributed by atoms with E-state index < -0.39 is 0 Å². The number of hydrogen-bond acceptors (Lipinski definition) is 6. The van der Waals surface area contributed by atoms with Gasteiger partial charge < -0.3 is 45.5 Å². The molecule has 0 unspecified atom stereocenters. The third kappa shape index (κ3) is 23.9. The molecular weight excluding hydrogens is 1950 g/mol. The minimum Gasteiger partial charge on any atom is -0.618 e. The molecule has 0 bridgehead atoms. The van der Waals surface area contributed by atoms with Gasteiger partial charge in [-0.1, -0.05) is 253 Å². The molecule has 9 nitrogen and oxygen atoms in total. The van der Waals surface area contributed by atoms with Gasteiger partial charge >= 0.3 is 0 Å². The van der Waals surface area contributed by atoms with Crippen LogP contribution in [0.4, 0.5) is 0 Å². The summed E-state index contributed by atoms with van der Waals surface area (Å²) in [5, 5.41) is 25.9. The topological polar surface area (TPSA) is 120 Å². The molecule has 6 aromatic heterocycles. The first-order chi connectivity index (χ1) is 54.9. The summed E-state index contributed by atoms with van der Waals surface area (Å²) in [7, 11) is 0. The van der Waals surface area contributed by atoms with Gasteiger partial charge in [-0.3, -0.25) is 0 Å². The maximum absolute atomic E-state index is 4.39. The predicted molar refractivity (Wildman–Crippen MR) is 457 cm³/mol. The number of benzene rings is 12. The fourth-order valence-electron chi connectivity index (χ4n) is 12.2. The van der Waals surface area contributed by atoms with E-state index in [0.717, 1.165) is 107 Å². The van der Waals surface area contributed by atoms with Gasteiger partial charge in [0.25, 0.3) is 0 Å². The normalized spacial score (nSPS) is 10.3. The van der Waals surface area contributed by atoms with E-state index >= 15 is 0 Å². The third-order valence-electron chi connectivity index (χ3n) is 18.3. The summed E-state index contributed by atoms with van der Waals surface area (Å²) in [6, 6.07) is 139. The zero-order valence-corrected chi connectivity index (χ0v) is 71.1. The molecule has 0 aliphatic heterocycles. The molecule has 0 amide bonds. The van der Waals surface area contributed by atoms with Crippen LogP contribution in [0.5, 0.6) is 0 Å². The summed E-state index contributed by atoms with van der Waals surface area (Å²) >= 11 is 0. The van der Waals surface area contributed by atoms with Gasteiger partial charge in [0.15, 0.2) is 0 Å². The second kappa shape index (κ2) is 43.2. The van der Waals surface area contributed by atoms with Crippen molar-refractivity contribution in [1.82, 2.24) is 45.5 Å². The fourth-order valence-corrected chi connectivity index (χ4v) is 12.2. The molecule has 12 aromatic carbocycles. The van der Waals surface area contributed by atoms with E-state index in [2.05, 4.69) is 293 Å². The molecule has 18 aromatic rings. The number of rotatable bonds is 12. The van der Waals surface area contributed by atoms with Crippen molar-refractivity contribution in [1.29, 1.82) is 0 Å². The van der Waals surface area contributed by atoms with Crippen molar-refractivity contribution in [2.24, 2.45) is 0 Å². The van der Waals surface area contributed by atoms with Crippen molar-refractivity contribution in [2.75, 3.05) is 0 Å². The van der Waals surface area contributed by atoms with Crippen LogP contribution in [-0.4, -0.2) is 30.2 Å². The molecule has 0 atom stereocenters. The van der Waals surface area contributed by atoms with E-state index in [4.69, 9.17) is 0 Å². The monoisotopic (exact) mass is 2030 g/mol.